The predicted molar refractivity (Wildman–Crippen MR) is 108 cm³/mol. The molecule has 28 heavy (non-hydrogen) atoms. The zero-order valence-electron chi connectivity index (χ0n) is 16.8. The van der Waals surface area contributed by atoms with Crippen LogP contribution in [0.5, 0.6) is 11.5 Å². The van der Waals surface area contributed by atoms with Crippen LogP contribution < -0.4 is 20.3 Å². The van der Waals surface area contributed by atoms with Gasteiger partial charge in [0.05, 0.1) is 0 Å². The lowest BCUT2D eigenvalue weighted by molar-refractivity contribution is -0.134. The van der Waals surface area contributed by atoms with E-state index < -0.39 is 17.9 Å². The molecule has 0 fully saturated rings. The van der Waals surface area contributed by atoms with Gasteiger partial charge in [0.25, 0.3) is 11.8 Å². The molecule has 2 N–H and O–H groups in total. The van der Waals surface area contributed by atoms with E-state index in [1.165, 1.54) is 0 Å². The fourth-order valence-electron chi connectivity index (χ4n) is 2.62. The highest BCUT2D eigenvalue weighted by Crippen LogP contribution is 2.27. The van der Waals surface area contributed by atoms with Crippen LogP contribution in [-0.4, -0.2) is 24.5 Å². The number of benzene rings is 2. The van der Waals surface area contributed by atoms with Crippen LogP contribution in [-0.2, 0) is 9.59 Å². The number of rotatable bonds is 8. The maximum absolute atomic E-state index is 12.3. The lowest BCUT2D eigenvalue weighted by Crippen LogP contribution is -2.49. The van der Waals surface area contributed by atoms with E-state index in [0.717, 1.165) is 11.1 Å². The first-order chi connectivity index (χ1) is 13.4. The maximum Gasteiger partial charge on any atom is 0.279 e. The lowest BCUT2D eigenvalue weighted by Gasteiger charge is -2.18. The van der Waals surface area contributed by atoms with Crippen molar-refractivity contribution in [2.24, 2.45) is 0 Å². The van der Waals surface area contributed by atoms with Crippen LogP contribution >= 0.6 is 0 Å². The molecule has 1 unspecified atom stereocenters. The summed E-state index contributed by atoms with van der Waals surface area (Å²) < 4.78 is 11.3. The van der Waals surface area contributed by atoms with Gasteiger partial charge < -0.3 is 9.47 Å². The second-order valence-electron chi connectivity index (χ2n) is 6.85. The van der Waals surface area contributed by atoms with Crippen molar-refractivity contribution >= 4 is 11.8 Å². The van der Waals surface area contributed by atoms with Crippen molar-refractivity contribution in [3.8, 4) is 11.5 Å². The molecule has 0 aromatic heterocycles. The zero-order chi connectivity index (χ0) is 20.5. The molecule has 0 heterocycles. The van der Waals surface area contributed by atoms with E-state index in [1.54, 1.807) is 12.1 Å². The van der Waals surface area contributed by atoms with Gasteiger partial charge in [-0.3, -0.25) is 20.4 Å². The molecular formula is C22H28N2O4. The van der Waals surface area contributed by atoms with Gasteiger partial charge in [-0.25, -0.2) is 0 Å². The Hall–Kier alpha value is -3.02. The van der Waals surface area contributed by atoms with E-state index in [4.69, 9.17) is 9.47 Å². The average molecular weight is 384 g/mol. The van der Waals surface area contributed by atoms with Gasteiger partial charge in [0.1, 0.15) is 11.5 Å². The van der Waals surface area contributed by atoms with Gasteiger partial charge in [-0.2, -0.15) is 0 Å². The molecular weight excluding hydrogens is 356 g/mol. The second-order valence-corrected chi connectivity index (χ2v) is 6.85. The third kappa shape index (κ3) is 6.30. The molecule has 2 aromatic carbocycles. The molecule has 6 heteroatoms. The molecule has 1 atom stereocenters. The van der Waals surface area contributed by atoms with Crippen LogP contribution in [0.2, 0.25) is 0 Å². The molecule has 6 nitrogen and oxygen atoms in total. The van der Waals surface area contributed by atoms with Crippen molar-refractivity contribution in [1.29, 1.82) is 0 Å². The molecule has 0 saturated heterocycles. The molecule has 0 bridgehead atoms. The number of ether oxygens (including phenoxy) is 2. The summed E-state index contributed by atoms with van der Waals surface area (Å²) in [6.45, 7) is 7.74. The maximum atomic E-state index is 12.3. The number of carbonyl (C=O) groups is 2. The van der Waals surface area contributed by atoms with Crippen LogP contribution in [0.25, 0.3) is 0 Å². The van der Waals surface area contributed by atoms with Crippen LogP contribution in [0.4, 0.5) is 0 Å². The third-order valence-corrected chi connectivity index (χ3v) is 4.16. The van der Waals surface area contributed by atoms with Crippen molar-refractivity contribution in [2.75, 3.05) is 6.61 Å². The highest BCUT2D eigenvalue weighted by atomic mass is 16.5. The first-order valence-corrected chi connectivity index (χ1v) is 9.44. The van der Waals surface area contributed by atoms with E-state index in [9.17, 15) is 9.59 Å². The van der Waals surface area contributed by atoms with Crippen molar-refractivity contribution < 1.29 is 19.1 Å². The highest BCUT2D eigenvalue weighted by Gasteiger charge is 2.19. The number of hydrazine groups is 1. The van der Waals surface area contributed by atoms with Crippen LogP contribution in [0.15, 0.2) is 48.5 Å². The van der Waals surface area contributed by atoms with Gasteiger partial charge in [0.15, 0.2) is 12.7 Å². The van der Waals surface area contributed by atoms with Crippen LogP contribution in [0.1, 0.15) is 44.2 Å². The Bertz CT molecular complexity index is 790. The van der Waals surface area contributed by atoms with Crippen molar-refractivity contribution in [2.45, 2.75) is 46.1 Å². The molecule has 0 saturated carbocycles. The number of para-hydroxylation sites is 1. The van der Waals surface area contributed by atoms with E-state index >= 15 is 0 Å². The molecule has 150 valence electrons. The number of nitrogens with one attached hydrogen (secondary N) is 2. The summed E-state index contributed by atoms with van der Waals surface area (Å²) in [5, 5.41) is 0. The van der Waals surface area contributed by atoms with Gasteiger partial charge >= 0.3 is 0 Å². The molecule has 0 spiro atoms. The Morgan fingerprint density at radius 2 is 1.75 bits per heavy atom. The minimum atomic E-state index is -0.701. The summed E-state index contributed by atoms with van der Waals surface area (Å²) in [6.07, 6.45) is -0.235. The Morgan fingerprint density at radius 1 is 1.04 bits per heavy atom. The number of hydrogen-bond acceptors (Lipinski definition) is 4. The third-order valence-electron chi connectivity index (χ3n) is 4.16. The minimum absolute atomic E-state index is 0.195. The Kier molecular flexibility index (Phi) is 7.87. The number of amides is 2. The average Bonchev–Trinajstić information content (AvgIpc) is 2.69. The molecule has 0 aliphatic rings. The predicted octanol–water partition coefficient (Wildman–Crippen LogP) is 3.50. The van der Waals surface area contributed by atoms with Gasteiger partial charge in [-0.05, 0) is 48.6 Å². The van der Waals surface area contributed by atoms with Crippen LogP contribution in [0.3, 0.4) is 0 Å². The zero-order valence-corrected chi connectivity index (χ0v) is 16.8. The summed E-state index contributed by atoms with van der Waals surface area (Å²) in [5.74, 6) is 0.686. The first-order valence-electron chi connectivity index (χ1n) is 9.44. The fraction of sp³-hybridized carbons (Fsp3) is 0.364. The quantitative estimate of drug-likeness (QED) is 0.683. The molecule has 0 radical (unpaired) electrons. The van der Waals surface area contributed by atoms with Crippen molar-refractivity contribution in [1.82, 2.24) is 10.9 Å². The SMILES string of the molecule is CCC(Oc1ccccc1)C(=O)NNC(=O)COc1cc(C)ccc1C(C)C. The van der Waals surface area contributed by atoms with E-state index in [-0.39, 0.29) is 12.5 Å². The topological polar surface area (TPSA) is 76.7 Å². The summed E-state index contributed by atoms with van der Waals surface area (Å²) in [5.41, 5.74) is 6.85. The summed E-state index contributed by atoms with van der Waals surface area (Å²) >= 11 is 0. The van der Waals surface area contributed by atoms with E-state index in [2.05, 4.69) is 24.7 Å². The molecule has 2 aromatic rings. The number of carbonyl (C=O) groups excluding carboxylic acids is 2. The number of hydrogen-bond donors (Lipinski definition) is 2. The summed E-state index contributed by atoms with van der Waals surface area (Å²) in [6, 6.07) is 15.0. The smallest absolute Gasteiger partial charge is 0.279 e. The van der Waals surface area contributed by atoms with Gasteiger partial charge in [-0.1, -0.05) is 51.1 Å². The highest BCUT2D eigenvalue weighted by molar-refractivity contribution is 5.85. The standard InChI is InChI=1S/C22H28N2O4/c1-5-19(28-17-9-7-6-8-10-17)22(26)24-23-21(25)14-27-20-13-16(4)11-12-18(20)15(2)3/h6-13,15,19H,5,14H2,1-4H3,(H,23,25)(H,24,26). The fourth-order valence-corrected chi connectivity index (χ4v) is 2.62. The Balaban J connectivity index is 1.85. The largest absolute Gasteiger partial charge is 0.483 e. The summed E-state index contributed by atoms with van der Waals surface area (Å²) in [4.78, 5) is 24.3. The van der Waals surface area contributed by atoms with Crippen molar-refractivity contribution in [3.63, 3.8) is 0 Å². The first kappa shape index (κ1) is 21.3. The van der Waals surface area contributed by atoms with E-state index in [0.29, 0.717) is 17.9 Å². The van der Waals surface area contributed by atoms with Crippen LogP contribution in [0, 0.1) is 6.92 Å². The lowest BCUT2D eigenvalue weighted by atomic mass is 10.0. The Morgan fingerprint density at radius 3 is 2.39 bits per heavy atom. The second kappa shape index (κ2) is 10.3. The normalized spacial score (nSPS) is 11.6. The molecule has 0 aliphatic heterocycles. The van der Waals surface area contributed by atoms with Gasteiger partial charge in [0, 0.05) is 0 Å². The van der Waals surface area contributed by atoms with Gasteiger partial charge in [-0.15, -0.1) is 0 Å². The molecule has 2 rings (SSSR count). The molecule has 2 amide bonds. The number of aryl methyl sites for hydroxylation is 1. The van der Waals surface area contributed by atoms with E-state index in [1.807, 2.05) is 50.2 Å². The minimum Gasteiger partial charge on any atom is -0.483 e. The summed E-state index contributed by atoms with van der Waals surface area (Å²) in [7, 11) is 0. The Labute approximate surface area is 166 Å². The van der Waals surface area contributed by atoms with Gasteiger partial charge in [0.2, 0.25) is 0 Å². The monoisotopic (exact) mass is 384 g/mol. The molecule has 0 aliphatic carbocycles. The van der Waals surface area contributed by atoms with Crippen molar-refractivity contribution in [3.05, 3.63) is 59.7 Å².